The van der Waals surface area contributed by atoms with E-state index in [4.69, 9.17) is 4.74 Å². The number of amides is 3. The first-order valence-electron chi connectivity index (χ1n) is 9.82. The second kappa shape index (κ2) is 10.2. The predicted octanol–water partition coefficient (Wildman–Crippen LogP) is 4.34. The highest BCUT2D eigenvalue weighted by Crippen LogP contribution is 2.24. The van der Waals surface area contributed by atoms with Crippen LogP contribution in [0.1, 0.15) is 15.9 Å². The van der Waals surface area contributed by atoms with Gasteiger partial charge in [0, 0.05) is 43.8 Å². The maximum absolute atomic E-state index is 12.9. The molecule has 0 atom stereocenters. The lowest BCUT2D eigenvalue weighted by Gasteiger charge is -2.19. The van der Waals surface area contributed by atoms with Gasteiger partial charge in [-0.05, 0) is 35.9 Å². The second-order valence-electron chi connectivity index (χ2n) is 7.11. The lowest BCUT2D eigenvalue weighted by molar-refractivity contribution is 0.0951. The van der Waals surface area contributed by atoms with Gasteiger partial charge in [0.15, 0.2) is 0 Å². The van der Waals surface area contributed by atoms with Gasteiger partial charge in [0.05, 0.1) is 12.7 Å². The Labute approximate surface area is 182 Å². The zero-order valence-corrected chi connectivity index (χ0v) is 17.8. The van der Waals surface area contributed by atoms with Crippen LogP contribution in [0.25, 0.3) is 0 Å². The molecule has 31 heavy (non-hydrogen) atoms. The third-order valence-electron chi connectivity index (χ3n) is 4.60. The van der Waals surface area contributed by atoms with Crippen LogP contribution in [-0.4, -0.2) is 33.1 Å². The maximum Gasteiger partial charge on any atom is 0.323 e. The number of rotatable bonds is 7. The normalized spacial score (nSPS) is 10.2. The summed E-state index contributed by atoms with van der Waals surface area (Å²) in [5, 5.41) is 8.47. The van der Waals surface area contributed by atoms with Crippen LogP contribution in [-0.2, 0) is 6.54 Å². The SMILES string of the molecule is COc1cccc(NC(=O)Nc2ccc(N(C)C)c(C(=O)NCc3ccccc3)c2)c1. The van der Waals surface area contributed by atoms with Gasteiger partial charge in [0.1, 0.15) is 5.75 Å². The number of ether oxygens (including phenoxy) is 1. The van der Waals surface area contributed by atoms with Crippen molar-refractivity contribution in [1.29, 1.82) is 0 Å². The first-order chi connectivity index (χ1) is 15.0. The Hall–Kier alpha value is -4.00. The van der Waals surface area contributed by atoms with Crippen LogP contribution in [0.15, 0.2) is 72.8 Å². The number of nitrogens with one attached hydrogen (secondary N) is 3. The molecule has 0 heterocycles. The summed E-state index contributed by atoms with van der Waals surface area (Å²) in [5.74, 6) is 0.426. The highest BCUT2D eigenvalue weighted by atomic mass is 16.5. The molecule has 0 fully saturated rings. The van der Waals surface area contributed by atoms with E-state index in [-0.39, 0.29) is 5.91 Å². The molecule has 0 spiro atoms. The summed E-state index contributed by atoms with van der Waals surface area (Å²) in [7, 11) is 5.30. The largest absolute Gasteiger partial charge is 0.497 e. The van der Waals surface area contributed by atoms with E-state index in [9.17, 15) is 9.59 Å². The number of benzene rings is 3. The average molecular weight is 418 g/mol. The molecule has 0 aliphatic heterocycles. The molecular weight excluding hydrogens is 392 g/mol. The van der Waals surface area contributed by atoms with Crippen LogP contribution in [0.3, 0.4) is 0 Å². The number of carbonyl (C=O) groups is 2. The summed E-state index contributed by atoms with van der Waals surface area (Å²) in [5.41, 5.74) is 3.34. The molecule has 3 amide bonds. The number of nitrogens with zero attached hydrogens (tertiary/aromatic N) is 1. The molecule has 0 bridgehead atoms. The fourth-order valence-electron chi connectivity index (χ4n) is 3.05. The Balaban J connectivity index is 1.72. The molecule has 3 aromatic carbocycles. The second-order valence-corrected chi connectivity index (χ2v) is 7.11. The highest BCUT2D eigenvalue weighted by molar-refractivity contribution is 6.04. The van der Waals surface area contributed by atoms with Gasteiger partial charge in [-0.3, -0.25) is 4.79 Å². The summed E-state index contributed by atoms with van der Waals surface area (Å²) in [6.07, 6.45) is 0. The Morgan fingerprint density at radius 1 is 0.871 bits per heavy atom. The summed E-state index contributed by atoms with van der Waals surface area (Å²) >= 11 is 0. The molecule has 0 saturated heterocycles. The molecule has 3 aromatic rings. The van der Waals surface area contributed by atoms with Gasteiger partial charge in [-0.2, -0.15) is 0 Å². The first-order valence-corrected chi connectivity index (χ1v) is 9.82. The van der Waals surface area contributed by atoms with Crippen molar-refractivity contribution in [1.82, 2.24) is 5.32 Å². The molecule has 0 aliphatic rings. The van der Waals surface area contributed by atoms with E-state index in [1.807, 2.05) is 49.3 Å². The number of hydrogen-bond donors (Lipinski definition) is 3. The molecule has 7 heteroatoms. The fraction of sp³-hybridized carbons (Fsp3) is 0.167. The standard InChI is InChI=1S/C24H26N4O3/c1-28(2)22-13-12-19(27-24(30)26-18-10-7-11-20(14-18)31-3)15-21(22)23(29)25-16-17-8-5-4-6-9-17/h4-15H,16H2,1-3H3,(H,25,29)(H2,26,27,30). The van der Waals surface area contributed by atoms with Crippen molar-refractivity contribution in [2.45, 2.75) is 6.54 Å². The van der Waals surface area contributed by atoms with Gasteiger partial charge in [0.2, 0.25) is 0 Å². The van der Waals surface area contributed by atoms with Crippen molar-refractivity contribution in [2.75, 3.05) is 36.7 Å². The van der Waals surface area contributed by atoms with Crippen molar-refractivity contribution >= 4 is 29.0 Å². The van der Waals surface area contributed by atoms with Gasteiger partial charge in [-0.15, -0.1) is 0 Å². The van der Waals surface area contributed by atoms with Gasteiger partial charge in [-0.1, -0.05) is 36.4 Å². The van der Waals surface area contributed by atoms with Crippen LogP contribution in [0, 0.1) is 0 Å². The van der Waals surface area contributed by atoms with Crippen molar-refractivity contribution in [3.63, 3.8) is 0 Å². The van der Waals surface area contributed by atoms with Gasteiger partial charge in [0.25, 0.3) is 5.91 Å². The predicted molar refractivity (Wildman–Crippen MR) is 124 cm³/mol. The minimum atomic E-state index is -0.415. The third-order valence-corrected chi connectivity index (χ3v) is 4.60. The van der Waals surface area contributed by atoms with E-state index in [2.05, 4.69) is 16.0 Å². The highest BCUT2D eigenvalue weighted by Gasteiger charge is 2.15. The maximum atomic E-state index is 12.9. The van der Waals surface area contributed by atoms with Crippen molar-refractivity contribution < 1.29 is 14.3 Å². The van der Waals surface area contributed by atoms with E-state index in [1.165, 1.54) is 0 Å². The number of urea groups is 1. The molecule has 0 saturated carbocycles. The third kappa shape index (κ3) is 5.99. The number of carbonyl (C=O) groups excluding carboxylic acids is 2. The lowest BCUT2D eigenvalue weighted by atomic mass is 10.1. The van der Waals surface area contributed by atoms with Crippen molar-refractivity contribution in [2.24, 2.45) is 0 Å². The number of methoxy groups -OCH3 is 1. The minimum absolute atomic E-state index is 0.218. The van der Waals surface area contributed by atoms with Gasteiger partial charge >= 0.3 is 6.03 Å². The zero-order valence-electron chi connectivity index (χ0n) is 17.8. The summed E-state index contributed by atoms with van der Waals surface area (Å²) in [4.78, 5) is 27.1. The minimum Gasteiger partial charge on any atom is -0.497 e. The quantitative estimate of drug-likeness (QED) is 0.533. The molecule has 0 aliphatic carbocycles. The molecule has 3 N–H and O–H groups in total. The summed E-state index contributed by atoms with van der Waals surface area (Å²) in [6.45, 7) is 0.417. The number of anilines is 3. The van der Waals surface area contributed by atoms with Crippen LogP contribution in [0.4, 0.5) is 21.9 Å². The first kappa shape index (κ1) is 21.7. The van der Waals surface area contributed by atoms with Crippen LogP contribution in [0.2, 0.25) is 0 Å². The monoisotopic (exact) mass is 418 g/mol. The number of hydrogen-bond acceptors (Lipinski definition) is 4. The van der Waals surface area contributed by atoms with Crippen LogP contribution >= 0.6 is 0 Å². The van der Waals surface area contributed by atoms with E-state index >= 15 is 0 Å². The van der Waals surface area contributed by atoms with E-state index in [0.29, 0.717) is 29.2 Å². The Kier molecular flexibility index (Phi) is 7.11. The molecule has 7 nitrogen and oxygen atoms in total. The van der Waals surface area contributed by atoms with Crippen LogP contribution in [0.5, 0.6) is 5.75 Å². The molecule has 160 valence electrons. The molecule has 3 rings (SSSR count). The fourth-order valence-corrected chi connectivity index (χ4v) is 3.05. The Bertz CT molecular complexity index is 1050. The van der Waals surface area contributed by atoms with Crippen molar-refractivity contribution in [3.8, 4) is 5.75 Å². The smallest absolute Gasteiger partial charge is 0.323 e. The Morgan fingerprint density at radius 2 is 1.58 bits per heavy atom. The van der Waals surface area contributed by atoms with Gasteiger partial charge in [-0.25, -0.2) is 4.79 Å². The zero-order chi connectivity index (χ0) is 22.2. The molecular formula is C24H26N4O3. The lowest BCUT2D eigenvalue weighted by Crippen LogP contribution is -2.26. The van der Waals surface area contributed by atoms with E-state index < -0.39 is 6.03 Å². The average Bonchev–Trinajstić information content (AvgIpc) is 2.78. The Morgan fingerprint density at radius 3 is 2.26 bits per heavy atom. The topological polar surface area (TPSA) is 82.7 Å². The van der Waals surface area contributed by atoms with Crippen molar-refractivity contribution in [3.05, 3.63) is 83.9 Å². The summed E-state index contributed by atoms with van der Waals surface area (Å²) < 4.78 is 5.17. The molecule has 0 unspecified atom stereocenters. The van der Waals surface area contributed by atoms with Gasteiger partial charge < -0.3 is 25.6 Å². The van der Waals surface area contributed by atoms with Crippen LogP contribution < -0.4 is 25.6 Å². The summed E-state index contributed by atoms with van der Waals surface area (Å²) in [6, 6.07) is 21.6. The molecule has 0 radical (unpaired) electrons. The van der Waals surface area contributed by atoms with E-state index in [0.717, 1.165) is 11.3 Å². The molecule has 0 aromatic heterocycles. The van der Waals surface area contributed by atoms with E-state index in [1.54, 1.807) is 49.6 Å².